The summed E-state index contributed by atoms with van der Waals surface area (Å²) in [5.74, 6) is -0.209. The lowest BCUT2D eigenvalue weighted by molar-refractivity contribution is -0.112. The molecule has 0 unspecified atom stereocenters. The Labute approximate surface area is 177 Å². The molecule has 31 heavy (non-hydrogen) atoms. The van der Waals surface area contributed by atoms with Crippen molar-refractivity contribution in [2.45, 2.75) is 4.90 Å². The van der Waals surface area contributed by atoms with E-state index in [2.05, 4.69) is 10.6 Å². The van der Waals surface area contributed by atoms with Gasteiger partial charge in [0.1, 0.15) is 5.82 Å². The first-order valence-electron chi connectivity index (χ1n) is 9.26. The number of anilines is 2. The quantitative estimate of drug-likeness (QED) is 0.644. The minimum atomic E-state index is -4.08. The molecule has 2 aliphatic heterocycles. The molecule has 2 N–H and O–H groups in total. The van der Waals surface area contributed by atoms with E-state index >= 15 is 0 Å². The molecule has 0 bridgehead atoms. The monoisotopic (exact) mass is 438 g/mol. The molecule has 0 saturated heterocycles. The lowest BCUT2D eigenvalue weighted by Crippen LogP contribution is -2.20. The number of halogens is 1. The topological polar surface area (TPSA) is 93.7 Å². The van der Waals surface area contributed by atoms with Crippen molar-refractivity contribution in [3.05, 3.63) is 83.0 Å². The van der Waals surface area contributed by atoms with Crippen LogP contribution in [0.25, 0.3) is 5.70 Å². The SMILES string of the molecule is O=C(Nc1ccc(F)cc1)C1=C(Nc2ccc3c(c2)OCO3)c2ccccc2S1(=O)=O. The van der Waals surface area contributed by atoms with Crippen LogP contribution in [0.5, 0.6) is 11.5 Å². The fourth-order valence-corrected chi connectivity index (χ4v) is 5.14. The number of hydrogen-bond acceptors (Lipinski definition) is 6. The fourth-order valence-electron chi connectivity index (χ4n) is 3.47. The molecule has 0 radical (unpaired) electrons. The van der Waals surface area contributed by atoms with Gasteiger partial charge in [-0.15, -0.1) is 0 Å². The number of carbonyl (C=O) groups excluding carboxylic acids is 1. The zero-order valence-corrected chi connectivity index (χ0v) is 16.7. The predicted octanol–water partition coefficient (Wildman–Crippen LogP) is 3.76. The summed E-state index contributed by atoms with van der Waals surface area (Å²) in [6, 6.07) is 16.5. The molecule has 3 aromatic rings. The zero-order valence-electron chi connectivity index (χ0n) is 15.9. The summed E-state index contributed by atoms with van der Waals surface area (Å²) in [4.78, 5) is 12.7. The highest BCUT2D eigenvalue weighted by molar-refractivity contribution is 7.97. The number of rotatable bonds is 4. The van der Waals surface area contributed by atoms with E-state index in [1.54, 1.807) is 36.4 Å². The summed E-state index contributed by atoms with van der Waals surface area (Å²) in [6.07, 6.45) is 0. The van der Waals surface area contributed by atoms with Gasteiger partial charge in [-0.2, -0.15) is 0 Å². The van der Waals surface area contributed by atoms with Gasteiger partial charge >= 0.3 is 0 Å². The third kappa shape index (κ3) is 3.28. The summed E-state index contributed by atoms with van der Waals surface area (Å²) < 4.78 is 50.2. The number of ether oxygens (including phenoxy) is 2. The van der Waals surface area contributed by atoms with E-state index in [1.807, 2.05) is 0 Å². The highest BCUT2D eigenvalue weighted by Crippen LogP contribution is 2.41. The van der Waals surface area contributed by atoms with E-state index in [0.29, 0.717) is 22.7 Å². The summed E-state index contributed by atoms with van der Waals surface area (Å²) in [5, 5.41) is 5.58. The number of carbonyl (C=O) groups is 1. The van der Waals surface area contributed by atoms with Crippen molar-refractivity contribution >= 4 is 32.8 Å². The molecule has 1 amide bonds. The van der Waals surface area contributed by atoms with Gasteiger partial charge in [-0.25, -0.2) is 12.8 Å². The van der Waals surface area contributed by atoms with Crippen molar-refractivity contribution in [1.29, 1.82) is 0 Å². The number of nitrogens with one attached hydrogen (secondary N) is 2. The molecule has 7 nitrogen and oxygen atoms in total. The van der Waals surface area contributed by atoms with Gasteiger partial charge in [-0.3, -0.25) is 4.79 Å². The molecule has 0 aliphatic carbocycles. The van der Waals surface area contributed by atoms with E-state index in [0.717, 1.165) is 0 Å². The Bertz CT molecular complexity index is 1350. The van der Waals surface area contributed by atoms with Crippen LogP contribution in [0, 0.1) is 5.82 Å². The van der Waals surface area contributed by atoms with Crippen LogP contribution in [0.1, 0.15) is 5.56 Å². The maximum Gasteiger partial charge on any atom is 0.269 e. The molecule has 5 rings (SSSR count). The first kappa shape index (κ1) is 19.1. The first-order valence-corrected chi connectivity index (χ1v) is 10.7. The normalized spacial score (nSPS) is 15.5. The van der Waals surface area contributed by atoms with Crippen molar-refractivity contribution < 1.29 is 27.1 Å². The van der Waals surface area contributed by atoms with E-state index in [9.17, 15) is 17.6 Å². The molecule has 156 valence electrons. The number of hydrogen-bond donors (Lipinski definition) is 2. The van der Waals surface area contributed by atoms with Crippen LogP contribution >= 0.6 is 0 Å². The van der Waals surface area contributed by atoms with Gasteiger partial charge in [0.05, 0.1) is 10.6 Å². The maximum absolute atomic E-state index is 13.2. The van der Waals surface area contributed by atoms with E-state index in [1.165, 1.54) is 30.3 Å². The summed E-state index contributed by atoms with van der Waals surface area (Å²) >= 11 is 0. The molecular formula is C22H15FN2O5S. The van der Waals surface area contributed by atoms with Crippen LogP contribution in [0.3, 0.4) is 0 Å². The largest absolute Gasteiger partial charge is 0.454 e. The minimum Gasteiger partial charge on any atom is -0.454 e. The Balaban J connectivity index is 1.58. The van der Waals surface area contributed by atoms with Crippen molar-refractivity contribution in [3.8, 4) is 11.5 Å². The lowest BCUT2D eigenvalue weighted by atomic mass is 10.1. The van der Waals surface area contributed by atoms with Gasteiger partial charge in [-0.1, -0.05) is 18.2 Å². The Morgan fingerprint density at radius 1 is 0.903 bits per heavy atom. The van der Waals surface area contributed by atoms with Crippen molar-refractivity contribution in [2.75, 3.05) is 17.4 Å². The van der Waals surface area contributed by atoms with Crippen molar-refractivity contribution in [3.63, 3.8) is 0 Å². The van der Waals surface area contributed by atoms with Gasteiger partial charge in [0, 0.05) is 23.0 Å². The molecule has 2 aliphatic rings. The number of amides is 1. The Kier molecular flexibility index (Phi) is 4.40. The van der Waals surface area contributed by atoms with Crippen LogP contribution in [-0.4, -0.2) is 21.1 Å². The first-order chi connectivity index (χ1) is 14.9. The highest BCUT2D eigenvalue weighted by atomic mass is 32.2. The fraction of sp³-hybridized carbons (Fsp3) is 0.0455. The highest BCUT2D eigenvalue weighted by Gasteiger charge is 2.40. The standard InChI is InChI=1S/C22H15FN2O5S/c23-13-5-7-14(8-6-13)25-22(26)21-20(16-3-1-2-4-19(16)31(21,27)28)24-15-9-10-17-18(11-15)30-12-29-17/h1-11,24H,12H2,(H,25,26). The van der Waals surface area contributed by atoms with Crippen LogP contribution in [0.15, 0.2) is 76.5 Å². The average molecular weight is 438 g/mol. The molecule has 0 atom stereocenters. The third-order valence-electron chi connectivity index (χ3n) is 4.89. The number of benzene rings is 3. The predicted molar refractivity (Wildman–Crippen MR) is 112 cm³/mol. The van der Waals surface area contributed by atoms with Crippen LogP contribution < -0.4 is 20.1 Å². The smallest absolute Gasteiger partial charge is 0.269 e. The maximum atomic E-state index is 13.2. The van der Waals surface area contributed by atoms with Crippen LogP contribution in [0.2, 0.25) is 0 Å². The van der Waals surface area contributed by atoms with Gasteiger partial charge in [0.25, 0.3) is 5.91 Å². The molecular weight excluding hydrogens is 423 g/mol. The van der Waals surface area contributed by atoms with Gasteiger partial charge in [0.2, 0.25) is 16.6 Å². The minimum absolute atomic E-state index is 0.0301. The number of sulfone groups is 1. The second-order valence-corrected chi connectivity index (χ2v) is 8.71. The molecule has 0 fully saturated rings. The Morgan fingerprint density at radius 3 is 2.42 bits per heavy atom. The van der Waals surface area contributed by atoms with Gasteiger partial charge < -0.3 is 20.1 Å². The number of fused-ring (bicyclic) bond motifs is 2. The summed E-state index contributed by atoms with van der Waals surface area (Å²) in [7, 11) is -4.08. The molecule has 0 saturated carbocycles. The van der Waals surface area contributed by atoms with E-state index in [4.69, 9.17) is 9.47 Å². The van der Waals surface area contributed by atoms with Gasteiger partial charge in [-0.05, 0) is 42.5 Å². The second-order valence-electron chi connectivity index (χ2n) is 6.86. The Morgan fingerprint density at radius 2 is 1.61 bits per heavy atom. The zero-order chi connectivity index (χ0) is 21.6. The van der Waals surface area contributed by atoms with Crippen LogP contribution in [0.4, 0.5) is 15.8 Å². The van der Waals surface area contributed by atoms with Crippen LogP contribution in [-0.2, 0) is 14.6 Å². The molecule has 0 spiro atoms. The van der Waals surface area contributed by atoms with Crippen molar-refractivity contribution in [2.24, 2.45) is 0 Å². The lowest BCUT2D eigenvalue weighted by Gasteiger charge is -2.12. The molecule has 0 aromatic heterocycles. The average Bonchev–Trinajstić information content (AvgIpc) is 3.30. The van der Waals surface area contributed by atoms with Gasteiger partial charge in [0.15, 0.2) is 16.4 Å². The Hall–Kier alpha value is -3.85. The third-order valence-corrected chi connectivity index (χ3v) is 6.75. The summed E-state index contributed by atoms with van der Waals surface area (Å²) in [6.45, 7) is 0.101. The van der Waals surface area contributed by atoms with E-state index < -0.39 is 26.5 Å². The summed E-state index contributed by atoms with van der Waals surface area (Å²) in [5.41, 5.74) is 1.32. The molecule has 2 heterocycles. The second kappa shape index (κ2) is 7.13. The van der Waals surface area contributed by atoms with E-state index in [-0.39, 0.29) is 23.1 Å². The molecule has 3 aromatic carbocycles. The molecule has 9 heteroatoms. The van der Waals surface area contributed by atoms with Crippen molar-refractivity contribution in [1.82, 2.24) is 0 Å².